The molecule has 0 aliphatic carbocycles. The summed E-state index contributed by atoms with van der Waals surface area (Å²) in [6, 6.07) is 17.8. The number of nitrogens with zero attached hydrogens (tertiary/aromatic N) is 2. The number of hydrogen-bond acceptors (Lipinski definition) is 4. The van der Waals surface area contributed by atoms with Gasteiger partial charge in [0.05, 0.1) is 17.8 Å². The van der Waals surface area contributed by atoms with Crippen molar-refractivity contribution in [2.45, 2.75) is 25.4 Å². The first-order chi connectivity index (χ1) is 14.1. The van der Waals surface area contributed by atoms with Gasteiger partial charge in [-0.2, -0.15) is 0 Å². The summed E-state index contributed by atoms with van der Waals surface area (Å²) in [4.78, 5) is 20.4. The molecule has 29 heavy (non-hydrogen) atoms. The topological polar surface area (TPSA) is 57.3 Å². The zero-order chi connectivity index (χ0) is 20.2. The number of benzene rings is 1. The summed E-state index contributed by atoms with van der Waals surface area (Å²) in [6.45, 7) is 2.52. The number of aromatic nitrogens is 1. The molecule has 1 saturated heterocycles. The lowest BCUT2D eigenvalue weighted by atomic mass is 10.0. The number of aryl methyl sites for hydroxylation is 1. The molecule has 7 heteroatoms. The van der Waals surface area contributed by atoms with Gasteiger partial charge in [0.2, 0.25) is 5.91 Å². The Bertz CT molecular complexity index is 991. The maximum atomic E-state index is 12.6. The predicted molar refractivity (Wildman–Crippen MR) is 121 cm³/mol. The van der Waals surface area contributed by atoms with Gasteiger partial charge < -0.3 is 15.5 Å². The number of thiocarbonyl (C=S) groups is 1. The zero-order valence-electron chi connectivity index (χ0n) is 16.0. The Hall–Kier alpha value is -2.77. The highest BCUT2D eigenvalue weighted by molar-refractivity contribution is 7.80. The van der Waals surface area contributed by atoms with Gasteiger partial charge in [-0.05, 0) is 54.4 Å². The molecule has 1 amide bonds. The fourth-order valence-corrected chi connectivity index (χ4v) is 4.77. The van der Waals surface area contributed by atoms with Gasteiger partial charge in [-0.1, -0.05) is 30.3 Å². The Morgan fingerprint density at radius 1 is 1.21 bits per heavy atom. The van der Waals surface area contributed by atoms with Crippen LogP contribution in [0.4, 0.5) is 5.69 Å². The van der Waals surface area contributed by atoms with E-state index in [0.717, 1.165) is 16.9 Å². The van der Waals surface area contributed by atoms with E-state index in [2.05, 4.69) is 32.0 Å². The summed E-state index contributed by atoms with van der Waals surface area (Å²) in [6.07, 6.45) is 2.15. The van der Waals surface area contributed by atoms with Crippen LogP contribution in [0, 0.1) is 6.92 Å². The first-order valence-corrected chi connectivity index (χ1v) is 10.8. The third-order valence-corrected chi connectivity index (χ3v) is 6.33. The summed E-state index contributed by atoms with van der Waals surface area (Å²) < 4.78 is 0. The van der Waals surface area contributed by atoms with Gasteiger partial charge in [0.15, 0.2) is 5.11 Å². The molecule has 0 radical (unpaired) electrons. The second-order valence-electron chi connectivity index (χ2n) is 6.95. The summed E-state index contributed by atoms with van der Waals surface area (Å²) in [7, 11) is 0. The Morgan fingerprint density at radius 2 is 2.03 bits per heavy atom. The van der Waals surface area contributed by atoms with Crippen molar-refractivity contribution in [3.8, 4) is 0 Å². The Balaban J connectivity index is 1.50. The molecule has 4 rings (SSSR count). The first kappa shape index (κ1) is 19.5. The maximum Gasteiger partial charge on any atom is 0.226 e. The van der Waals surface area contributed by atoms with Crippen LogP contribution in [0.15, 0.2) is 66.2 Å². The lowest BCUT2D eigenvalue weighted by Gasteiger charge is -2.26. The number of carbonyl (C=O) groups is 1. The number of nitrogens with one attached hydrogen (secondary N) is 2. The fourth-order valence-electron chi connectivity index (χ4n) is 3.56. The third-order valence-electron chi connectivity index (χ3n) is 5.03. The molecule has 2 N–H and O–H groups in total. The number of rotatable bonds is 6. The van der Waals surface area contributed by atoms with Crippen molar-refractivity contribution < 1.29 is 4.79 Å². The average molecular weight is 423 g/mol. The monoisotopic (exact) mass is 422 g/mol. The van der Waals surface area contributed by atoms with E-state index in [1.165, 1.54) is 4.88 Å². The molecule has 5 nitrogen and oxygen atoms in total. The second-order valence-corrected chi connectivity index (χ2v) is 8.31. The van der Waals surface area contributed by atoms with Gasteiger partial charge in [-0.15, -0.1) is 11.3 Å². The lowest BCUT2D eigenvalue weighted by molar-refractivity contribution is -0.116. The standard InChI is InChI=1S/C22H22N4OS2/c1-15-7-2-3-8-16(15)24-19(27)11-13-26-21(18-10-6-14-29-18)20(25-22(26)28)17-9-4-5-12-23-17/h2-10,12,14,20-21H,11,13H2,1H3,(H,24,27)(H,25,28)/t20-,21-/m0/s1. The molecule has 2 aromatic heterocycles. The van der Waals surface area contributed by atoms with Crippen molar-refractivity contribution >= 4 is 40.3 Å². The molecule has 1 fully saturated rings. The highest BCUT2D eigenvalue weighted by atomic mass is 32.1. The van der Waals surface area contributed by atoms with Crippen LogP contribution >= 0.6 is 23.6 Å². The minimum Gasteiger partial charge on any atom is -0.352 e. The quantitative estimate of drug-likeness (QED) is 0.575. The molecule has 0 spiro atoms. The highest BCUT2D eigenvalue weighted by Crippen LogP contribution is 2.40. The predicted octanol–water partition coefficient (Wildman–Crippen LogP) is 4.45. The number of thiophene rings is 1. The van der Waals surface area contributed by atoms with Crippen molar-refractivity contribution in [2.75, 3.05) is 11.9 Å². The maximum absolute atomic E-state index is 12.6. The zero-order valence-corrected chi connectivity index (χ0v) is 17.7. The van der Waals surface area contributed by atoms with E-state index >= 15 is 0 Å². The molecular weight excluding hydrogens is 400 g/mol. The molecule has 2 atom stereocenters. The van der Waals surface area contributed by atoms with E-state index < -0.39 is 0 Å². The molecule has 1 aliphatic heterocycles. The van der Waals surface area contributed by atoms with E-state index in [1.54, 1.807) is 17.5 Å². The van der Waals surface area contributed by atoms with E-state index in [0.29, 0.717) is 18.1 Å². The number of amides is 1. The third kappa shape index (κ3) is 4.31. The fraction of sp³-hybridized carbons (Fsp3) is 0.227. The summed E-state index contributed by atoms with van der Waals surface area (Å²) >= 11 is 7.32. The SMILES string of the molecule is Cc1ccccc1NC(=O)CCN1C(=S)N[C@@H](c2ccccn2)[C@@H]1c1cccs1. The minimum absolute atomic E-state index is 0.0173. The number of pyridine rings is 1. The molecule has 3 aromatic rings. The highest BCUT2D eigenvalue weighted by Gasteiger charge is 2.40. The van der Waals surface area contributed by atoms with Gasteiger partial charge in [-0.25, -0.2) is 0 Å². The van der Waals surface area contributed by atoms with Crippen LogP contribution < -0.4 is 10.6 Å². The van der Waals surface area contributed by atoms with Crippen LogP contribution in [0.1, 0.15) is 34.6 Å². The Morgan fingerprint density at radius 3 is 2.76 bits per heavy atom. The van der Waals surface area contributed by atoms with Gasteiger partial charge >= 0.3 is 0 Å². The number of anilines is 1. The van der Waals surface area contributed by atoms with Crippen molar-refractivity contribution in [2.24, 2.45) is 0 Å². The first-order valence-electron chi connectivity index (χ1n) is 9.50. The molecule has 0 bridgehead atoms. The molecule has 0 saturated carbocycles. The van der Waals surface area contributed by atoms with Crippen molar-refractivity contribution in [3.63, 3.8) is 0 Å². The van der Waals surface area contributed by atoms with E-state index in [1.807, 2.05) is 55.5 Å². The van der Waals surface area contributed by atoms with Crippen LogP contribution in [-0.4, -0.2) is 27.4 Å². The normalized spacial score (nSPS) is 18.5. The van der Waals surface area contributed by atoms with E-state index in [-0.39, 0.29) is 18.0 Å². The van der Waals surface area contributed by atoms with Crippen LogP contribution in [0.5, 0.6) is 0 Å². The van der Waals surface area contributed by atoms with Crippen LogP contribution in [-0.2, 0) is 4.79 Å². The average Bonchev–Trinajstić information content (AvgIpc) is 3.36. The van der Waals surface area contributed by atoms with E-state index in [4.69, 9.17) is 12.2 Å². The minimum atomic E-state index is -0.0400. The summed E-state index contributed by atoms with van der Waals surface area (Å²) in [5.74, 6) is -0.0201. The second kappa shape index (κ2) is 8.71. The molecule has 0 unspecified atom stereocenters. The molecular formula is C22H22N4OS2. The Kier molecular flexibility index (Phi) is 5.87. The summed E-state index contributed by atoms with van der Waals surface area (Å²) in [5.41, 5.74) is 2.84. The number of hydrogen-bond donors (Lipinski definition) is 2. The van der Waals surface area contributed by atoms with Gasteiger partial charge in [0, 0.05) is 29.7 Å². The van der Waals surface area contributed by atoms with Crippen LogP contribution in [0.2, 0.25) is 0 Å². The molecule has 148 valence electrons. The molecule has 1 aromatic carbocycles. The van der Waals surface area contributed by atoms with Gasteiger partial charge in [0.25, 0.3) is 0 Å². The lowest BCUT2D eigenvalue weighted by Crippen LogP contribution is -2.32. The van der Waals surface area contributed by atoms with Gasteiger partial charge in [-0.3, -0.25) is 9.78 Å². The summed E-state index contributed by atoms with van der Waals surface area (Å²) in [5, 5.41) is 9.13. The smallest absolute Gasteiger partial charge is 0.226 e. The largest absolute Gasteiger partial charge is 0.352 e. The van der Waals surface area contributed by atoms with E-state index in [9.17, 15) is 4.79 Å². The van der Waals surface area contributed by atoms with Crippen molar-refractivity contribution in [1.82, 2.24) is 15.2 Å². The number of para-hydroxylation sites is 1. The Labute approximate surface area is 179 Å². The van der Waals surface area contributed by atoms with Crippen LogP contribution in [0.3, 0.4) is 0 Å². The van der Waals surface area contributed by atoms with Crippen LogP contribution in [0.25, 0.3) is 0 Å². The number of carbonyl (C=O) groups excluding carboxylic acids is 1. The molecule has 3 heterocycles. The van der Waals surface area contributed by atoms with Crippen molar-refractivity contribution in [1.29, 1.82) is 0 Å². The molecule has 1 aliphatic rings. The van der Waals surface area contributed by atoms with Gasteiger partial charge in [0.1, 0.15) is 0 Å². The van der Waals surface area contributed by atoms with Crippen molar-refractivity contribution in [3.05, 3.63) is 82.3 Å².